The van der Waals surface area contributed by atoms with Gasteiger partial charge < -0.3 is 0 Å². The fraction of sp³-hybridized carbons (Fsp3) is 0.500. The molecule has 0 aromatic heterocycles. The third kappa shape index (κ3) is 4.85. The van der Waals surface area contributed by atoms with Gasteiger partial charge in [-0.25, -0.2) is 0 Å². The summed E-state index contributed by atoms with van der Waals surface area (Å²) in [5, 5.41) is 13.0. The molecule has 22 heavy (non-hydrogen) atoms. The standard InChI is InChI=1S/C16H20N2O3S/c17-13-14-8-4-1-2-5-9-15(12-14)18-21-22(19,20)16-10-6-3-7-11-16/h3,6-7,10-11,14H,1-2,4-5,8-9,12H2. The topological polar surface area (TPSA) is 79.5 Å². The lowest BCUT2D eigenvalue weighted by atomic mass is 9.98. The van der Waals surface area contributed by atoms with Gasteiger partial charge in [-0.2, -0.15) is 13.7 Å². The molecular formula is C16H20N2O3S. The predicted molar refractivity (Wildman–Crippen MR) is 83.6 cm³/mol. The van der Waals surface area contributed by atoms with Crippen LogP contribution in [0, 0.1) is 17.2 Å². The molecule has 5 nitrogen and oxygen atoms in total. The second kappa shape index (κ2) is 7.95. The number of nitrogens with zero attached hydrogens (tertiary/aromatic N) is 2. The molecule has 0 saturated heterocycles. The summed E-state index contributed by atoms with van der Waals surface area (Å²) >= 11 is 0. The van der Waals surface area contributed by atoms with Crippen molar-refractivity contribution in [3.63, 3.8) is 0 Å². The summed E-state index contributed by atoms with van der Waals surface area (Å²) in [6.45, 7) is 0. The third-order valence-corrected chi connectivity index (χ3v) is 4.85. The highest BCUT2D eigenvalue weighted by Gasteiger charge is 2.18. The monoisotopic (exact) mass is 320 g/mol. The normalized spacial score (nSPS) is 22.1. The minimum absolute atomic E-state index is 0.0826. The Morgan fingerprint density at radius 3 is 2.59 bits per heavy atom. The number of nitriles is 1. The second-order valence-corrected chi connectivity index (χ2v) is 7.01. The zero-order chi connectivity index (χ0) is 15.8. The Kier molecular flexibility index (Phi) is 5.96. The summed E-state index contributed by atoms with van der Waals surface area (Å²) in [6, 6.07) is 10.2. The molecule has 0 N–H and O–H groups in total. The number of oxime groups is 1. The molecule has 0 bridgehead atoms. The molecule has 0 radical (unpaired) electrons. The van der Waals surface area contributed by atoms with Crippen LogP contribution in [0.2, 0.25) is 0 Å². The molecule has 6 heteroatoms. The van der Waals surface area contributed by atoms with E-state index in [0.717, 1.165) is 32.1 Å². The third-order valence-electron chi connectivity index (χ3n) is 3.73. The van der Waals surface area contributed by atoms with Gasteiger partial charge in [-0.3, -0.25) is 4.28 Å². The molecule has 1 saturated carbocycles. The Balaban J connectivity index is 2.10. The summed E-state index contributed by atoms with van der Waals surface area (Å²) in [7, 11) is -3.88. The lowest BCUT2D eigenvalue weighted by Gasteiger charge is -2.09. The molecule has 2 rings (SSSR count). The summed E-state index contributed by atoms with van der Waals surface area (Å²) in [5.41, 5.74) is 0.660. The van der Waals surface area contributed by atoms with E-state index in [1.54, 1.807) is 18.2 Å². The summed E-state index contributed by atoms with van der Waals surface area (Å²) < 4.78 is 28.9. The average molecular weight is 320 g/mol. The molecule has 118 valence electrons. The quantitative estimate of drug-likeness (QED) is 0.796. The molecule has 1 aliphatic rings. The van der Waals surface area contributed by atoms with Crippen molar-refractivity contribution in [1.82, 2.24) is 0 Å². The van der Waals surface area contributed by atoms with Gasteiger partial charge in [-0.05, 0) is 31.4 Å². The highest BCUT2D eigenvalue weighted by atomic mass is 32.2. The van der Waals surface area contributed by atoms with Crippen molar-refractivity contribution in [2.75, 3.05) is 0 Å². The van der Waals surface area contributed by atoms with E-state index in [0.29, 0.717) is 18.6 Å². The average Bonchev–Trinajstić information content (AvgIpc) is 2.65. The van der Waals surface area contributed by atoms with E-state index < -0.39 is 10.1 Å². The first-order chi connectivity index (χ1) is 10.6. The smallest absolute Gasteiger partial charge is 0.265 e. The number of hydrogen-bond acceptors (Lipinski definition) is 5. The van der Waals surface area contributed by atoms with Crippen molar-refractivity contribution >= 4 is 15.8 Å². The first kappa shape index (κ1) is 16.5. The summed E-state index contributed by atoms with van der Waals surface area (Å²) in [6.07, 6.45) is 6.17. The van der Waals surface area contributed by atoms with Crippen molar-refractivity contribution in [2.45, 2.75) is 49.8 Å². The maximum Gasteiger partial charge on any atom is 0.358 e. The van der Waals surface area contributed by atoms with Crippen molar-refractivity contribution in [3.05, 3.63) is 30.3 Å². The van der Waals surface area contributed by atoms with Crippen molar-refractivity contribution in [2.24, 2.45) is 11.1 Å². The van der Waals surface area contributed by atoms with E-state index in [9.17, 15) is 8.42 Å². The van der Waals surface area contributed by atoms with E-state index in [-0.39, 0.29) is 10.8 Å². The van der Waals surface area contributed by atoms with Gasteiger partial charge in [0.15, 0.2) is 0 Å². The number of benzene rings is 1. The van der Waals surface area contributed by atoms with Crippen LogP contribution in [0.1, 0.15) is 44.9 Å². The minimum atomic E-state index is -3.88. The zero-order valence-electron chi connectivity index (χ0n) is 12.4. The zero-order valence-corrected chi connectivity index (χ0v) is 13.3. The van der Waals surface area contributed by atoms with Crippen molar-refractivity contribution in [1.29, 1.82) is 5.26 Å². The van der Waals surface area contributed by atoms with Crippen molar-refractivity contribution < 1.29 is 12.7 Å². The molecular weight excluding hydrogens is 300 g/mol. The van der Waals surface area contributed by atoms with Crippen LogP contribution in [0.5, 0.6) is 0 Å². The van der Waals surface area contributed by atoms with E-state index >= 15 is 0 Å². The summed E-state index contributed by atoms with van der Waals surface area (Å²) in [4.78, 5) is 0.0826. The highest BCUT2D eigenvalue weighted by molar-refractivity contribution is 7.86. The highest BCUT2D eigenvalue weighted by Crippen LogP contribution is 2.21. The van der Waals surface area contributed by atoms with E-state index in [4.69, 9.17) is 9.55 Å². The molecule has 0 heterocycles. The lowest BCUT2D eigenvalue weighted by Crippen LogP contribution is -2.09. The van der Waals surface area contributed by atoms with Gasteiger partial charge >= 0.3 is 10.1 Å². The van der Waals surface area contributed by atoms with Gasteiger partial charge in [0.05, 0.1) is 17.7 Å². The molecule has 1 aromatic carbocycles. The Morgan fingerprint density at radius 1 is 1.14 bits per heavy atom. The molecule has 0 aliphatic heterocycles. The van der Waals surface area contributed by atoms with Gasteiger partial charge in [-0.1, -0.05) is 42.6 Å². The van der Waals surface area contributed by atoms with Gasteiger partial charge in [0.25, 0.3) is 0 Å². The largest absolute Gasteiger partial charge is 0.358 e. The number of rotatable bonds is 3. The molecule has 1 unspecified atom stereocenters. The van der Waals surface area contributed by atoms with E-state index in [1.807, 2.05) is 0 Å². The van der Waals surface area contributed by atoms with Crippen LogP contribution >= 0.6 is 0 Å². The molecule has 1 aliphatic carbocycles. The molecule has 1 fully saturated rings. The molecule has 0 spiro atoms. The van der Waals surface area contributed by atoms with Crippen LogP contribution < -0.4 is 0 Å². The first-order valence-corrected chi connectivity index (χ1v) is 8.97. The minimum Gasteiger partial charge on any atom is -0.265 e. The Morgan fingerprint density at radius 2 is 1.86 bits per heavy atom. The summed E-state index contributed by atoms with van der Waals surface area (Å²) in [5.74, 6) is -0.111. The first-order valence-electron chi connectivity index (χ1n) is 7.56. The fourth-order valence-electron chi connectivity index (χ4n) is 2.49. The fourth-order valence-corrected chi connectivity index (χ4v) is 3.27. The SMILES string of the molecule is N#CC1CCCCCCC(=NOS(=O)(=O)c2ccccc2)C1. The Hall–Kier alpha value is -1.87. The molecule has 1 atom stereocenters. The Labute approximate surface area is 131 Å². The Bertz CT molecular complexity index is 648. The van der Waals surface area contributed by atoms with Crippen LogP contribution in [0.15, 0.2) is 40.4 Å². The van der Waals surface area contributed by atoms with Crippen LogP contribution in [0.3, 0.4) is 0 Å². The van der Waals surface area contributed by atoms with Gasteiger partial charge in [0.1, 0.15) is 4.90 Å². The van der Waals surface area contributed by atoms with Gasteiger partial charge in [-0.15, -0.1) is 0 Å². The van der Waals surface area contributed by atoms with Crippen molar-refractivity contribution in [3.8, 4) is 6.07 Å². The molecule has 1 aromatic rings. The second-order valence-electron chi connectivity index (χ2n) is 5.48. The van der Waals surface area contributed by atoms with Gasteiger partial charge in [0.2, 0.25) is 0 Å². The van der Waals surface area contributed by atoms with Crippen LogP contribution in [-0.4, -0.2) is 14.1 Å². The van der Waals surface area contributed by atoms with E-state index in [2.05, 4.69) is 11.2 Å². The molecule has 0 amide bonds. The predicted octanol–water partition coefficient (Wildman–Crippen LogP) is 3.63. The maximum absolute atomic E-state index is 12.1. The lowest BCUT2D eigenvalue weighted by molar-refractivity contribution is 0.335. The van der Waals surface area contributed by atoms with E-state index in [1.165, 1.54) is 12.1 Å². The van der Waals surface area contributed by atoms with Crippen LogP contribution in [0.25, 0.3) is 0 Å². The van der Waals surface area contributed by atoms with Crippen LogP contribution in [-0.2, 0) is 14.4 Å². The van der Waals surface area contributed by atoms with Gasteiger partial charge in [0, 0.05) is 6.42 Å². The maximum atomic E-state index is 12.1. The number of hydrogen-bond donors (Lipinski definition) is 0. The van der Waals surface area contributed by atoms with Crippen LogP contribution in [0.4, 0.5) is 0 Å².